The second-order valence-corrected chi connectivity index (χ2v) is 3.64. The molecule has 2 unspecified atom stereocenters. The van der Waals surface area contributed by atoms with Crippen molar-refractivity contribution in [1.29, 1.82) is 0 Å². The fraction of sp³-hybridized carbons (Fsp3) is 0.400. The van der Waals surface area contributed by atoms with E-state index < -0.39 is 12.2 Å². The summed E-state index contributed by atoms with van der Waals surface area (Å²) in [5.41, 5.74) is 6.82. The number of benzene rings is 1. The molecule has 0 saturated carbocycles. The van der Waals surface area contributed by atoms with Gasteiger partial charge in [-0.1, -0.05) is 12.1 Å². The maximum atomic E-state index is 9.69. The minimum Gasteiger partial charge on any atom is -0.399 e. The number of aliphatic hydroxyl groups excluding tert-OH is 2. The number of anilines is 1. The van der Waals surface area contributed by atoms with Crippen molar-refractivity contribution in [2.75, 3.05) is 11.5 Å². The van der Waals surface area contributed by atoms with E-state index in [1.165, 1.54) is 0 Å². The third-order valence-corrected chi connectivity index (χ3v) is 2.33. The van der Waals surface area contributed by atoms with Gasteiger partial charge in [-0.05, 0) is 29.9 Å². The Kier molecular flexibility index (Phi) is 4.25. The molecule has 14 heavy (non-hydrogen) atoms. The van der Waals surface area contributed by atoms with Crippen LogP contribution in [-0.2, 0) is 0 Å². The average molecular weight is 213 g/mol. The molecule has 0 aliphatic heterocycles. The zero-order valence-electron chi connectivity index (χ0n) is 7.80. The predicted molar refractivity (Wildman–Crippen MR) is 60.3 cm³/mol. The highest BCUT2D eigenvalue weighted by atomic mass is 32.1. The van der Waals surface area contributed by atoms with Gasteiger partial charge < -0.3 is 15.9 Å². The normalized spacial score (nSPS) is 15.1. The van der Waals surface area contributed by atoms with E-state index in [2.05, 4.69) is 12.6 Å². The lowest BCUT2D eigenvalue weighted by molar-refractivity contribution is 0.0172. The lowest BCUT2D eigenvalue weighted by Gasteiger charge is -2.17. The number of aliphatic hydroxyl groups is 2. The smallest absolute Gasteiger partial charge is 0.105 e. The van der Waals surface area contributed by atoms with Crippen molar-refractivity contribution in [3.63, 3.8) is 0 Å². The van der Waals surface area contributed by atoms with E-state index in [1.807, 2.05) is 0 Å². The van der Waals surface area contributed by atoms with E-state index in [0.29, 0.717) is 23.4 Å². The molecule has 0 amide bonds. The highest BCUT2D eigenvalue weighted by Crippen LogP contribution is 2.20. The Labute approximate surface area is 89.0 Å². The Morgan fingerprint density at radius 1 is 1.21 bits per heavy atom. The molecule has 0 heterocycles. The van der Waals surface area contributed by atoms with Gasteiger partial charge in [0.15, 0.2) is 0 Å². The Hall–Kier alpha value is -0.710. The molecule has 0 aliphatic rings. The van der Waals surface area contributed by atoms with Gasteiger partial charge in [0.25, 0.3) is 0 Å². The van der Waals surface area contributed by atoms with Gasteiger partial charge in [-0.2, -0.15) is 12.6 Å². The largest absolute Gasteiger partial charge is 0.399 e. The van der Waals surface area contributed by atoms with Crippen LogP contribution in [0, 0.1) is 0 Å². The summed E-state index contributed by atoms with van der Waals surface area (Å²) in [4.78, 5) is 0. The van der Waals surface area contributed by atoms with Gasteiger partial charge in [-0.25, -0.2) is 0 Å². The monoisotopic (exact) mass is 213 g/mol. The Morgan fingerprint density at radius 3 is 2.29 bits per heavy atom. The molecule has 1 rings (SSSR count). The van der Waals surface area contributed by atoms with Gasteiger partial charge in [-0.15, -0.1) is 0 Å². The maximum absolute atomic E-state index is 9.69. The van der Waals surface area contributed by atoms with Crippen molar-refractivity contribution in [3.05, 3.63) is 29.8 Å². The summed E-state index contributed by atoms with van der Waals surface area (Å²) < 4.78 is 0. The van der Waals surface area contributed by atoms with Crippen LogP contribution in [0.1, 0.15) is 18.1 Å². The van der Waals surface area contributed by atoms with Gasteiger partial charge in [0.2, 0.25) is 0 Å². The molecule has 0 aromatic heterocycles. The Morgan fingerprint density at radius 2 is 1.79 bits per heavy atom. The molecular formula is C10H15NO2S. The van der Waals surface area contributed by atoms with Crippen LogP contribution in [0.2, 0.25) is 0 Å². The van der Waals surface area contributed by atoms with Crippen LogP contribution in [0.3, 0.4) is 0 Å². The van der Waals surface area contributed by atoms with Gasteiger partial charge in [0.05, 0.1) is 6.10 Å². The van der Waals surface area contributed by atoms with E-state index in [-0.39, 0.29) is 0 Å². The van der Waals surface area contributed by atoms with Gasteiger partial charge >= 0.3 is 0 Å². The minimum absolute atomic E-state index is 0.467. The van der Waals surface area contributed by atoms with Crippen molar-refractivity contribution < 1.29 is 10.2 Å². The molecule has 78 valence electrons. The summed E-state index contributed by atoms with van der Waals surface area (Å²) >= 11 is 3.99. The molecule has 0 fully saturated rings. The van der Waals surface area contributed by atoms with Crippen LogP contribution in [0.4, 0.5) is 5.69 Å². The Balaban J connectivity index is 2.68. The van der Waals surface area contributed by atoms with Crippen molar-refractivity contribution in [2.24, 2.45) is 0 Å². The van der Waals surface area contributed by atoms with Crippen LogP contribution >= 0.6 is 12.6 Å². The number of thiol groups is 1. The summed E-state index contributed by atoms with van der Waals surface area (Å²) in [6, 6.07) is 6.82. The summed E-state index contributed by atoms with van der Waals surface area (Å²) in [5, 5.41) is 19.2. The number of rotatable bonds is 4. The summed E-state index contributed by atoms with van der Waals surface area (Å²) in [7, 11) is 0. The molecule has 0 saturated heterocycles. The van der Waals surface area contributed by atoms with Crippen molar-refractivity contribution in [3.8, 4) is 0 Å². The van der Waals surface area contributed by atoms with E-state index in [4.69, 9.17) is 5.73 Å². The molecule has 0 spiro atoms. The molecule has 0 bridgehead atoms. The van der Waals surface area contributed by atoms with Gasteiger partial charge in [0.1, 0.15) is 6.10 Å². The molecular weight excluding hydrogens is 198 g/mol. The second-order valence-electron chi connectivity index (χ2n) is 3.19. The third-order valence-electron chi connectivity index (χ3n) is 2.07. The molecule has 0 aliphatic carbocycles. The van der Waals surface area contributed by atoms with E-state index in [1.54, 1.807) is 24.3 Å². The minimum atomic E-state index is -0.859. The van der Waals surface area contributed by atoms with E-state index in [9.17, 15) is 10.2 Å². The van der Waals surface area contributed by atoms with Crippen LogP contribution in [0.15, 0.2) is 24.3 Å². The molecule has 1 aromatic rings. The van der Waals surface area contributed by atoms with Crippen molar-refractivity contribution >= 4 is 18.3 Å². The molecule has 0 radical (unpaired) electrons. The maximum Gasteiger partial charge on any atom is 0.105 e. The van der Waals surface area contributed by atoms with Crippen LogP contribution in [0.25, 0.3) is 0 Å². The molecule has 4 N–H and O–H groups in total. The van der Waals surface area contributed by atoms with Crippen molar-refractivity contribution in [2.45, 2.75) is 18.6 Å². The molecule has 1 aromatic carbocycles. The number of hydrogen-bond donors (Lipinski definition) is 4. The van der Waals surface area contributed by atoms with Crippen LogP contribution in [0.5, 0.6) is 0 Å². The highest BCUT2D eigenvalue weighted by molar-refractivity contribution is 7.80. The third kappa shape index (κ3) is 2.90. The van der Waals surface area contributed by atoms with Crippen LogP contribution < -0.4 is 5.73 Å². The first-order valence-corrected chi connectivity index (χ1v) is 5.11. The van der Waals surface area contributed by atoms with Gasteiger partial charge in [-0.3, -0.25) is 0 Å². The quantitative estimate of drug-likeness (QED) is 0.445. The van der Waals surface area contributed by atoms with Crippen molar-refractivity contribution in [1.82, 2.24) is 0 Å². The van der Waals surface area contributed by atoms with E-state index in [0.717, 1.165) is 0 Å². The highest BCUT2D eigenvalue weighted by Gasteiger charge is 2.16. The molecule has 2 atom stereocenters. The lowest BCUT2D eigenvalue weighted by atomic mass is 10.0. The Bertz CT molecular complexity index is 276. The topological polar surface area (TPSA) is 66.5 Å². The predicted octanol–water partition coefficient (Wildman–Crippen LogP) is 0.983. The number of nitrogen functional groups attached to an aromatic ring is 1. The standard InChI is InChI=1S/C10H15NO2S/c11-8-3-1-7(2-4-8)10(13)9(12)5-6-14/h1-4,9-10,12-14H,5-6,11H2. The first-order chi connectivity index (χ1) is 6.65. The summed E-state index contributed by atoms with van der Waals surface area (Å²) in [6.45, 7) is 0. The fourth-order valence-electron chi connectivity index (χ4n) is 1.21. The average Bonchev–Trinajstić information content (AvgIpc) is 2.18. The summed E-state index contributed by atoms with van der Waals surface area (Å²) in [6.07, 6.45) is -1.16. The summed E-state index contributed by atoms with van der Waals surface area (Å²) in [5.74, 6) is 0.549. The number of nitrogens with two attached hydrogens (primary N) is 1. The first kappa shape index (κ1) is 11.4. The second kappa shape index (κ2) is 5.24. The SMILES string of the molecule is Nc1ccc(C(O)C(O)CCS)cc1. The lowest BCUT2D eigenvalue weighted by Crippen LogP contribution is -2.18. The molecule has 3 nitrogen and oxygen atoms in total. The number of hydrogen-bond acceptors (Lipinski definition) is 4. The zero-order valence-corrected chi connectivity index (χ0v) is 8.69. The first-order valence-electron chi connectivity index (χ1n) is 4.47. The zero-order chi connectivity index (χ0) is 10.6. The van der Waals surface area contributed by atoms with Crippen LogP contribution in [-0.4, -0.2) is 22.1 Å². The van der Waals surface area contributed by atoms with E-state index >= 15 is 0 Å². The van der Waals surface area contributed by atoms with Gasteiger partial charge in [0, 0.05) is 5.69 Å². The fourth-order valence-corrected chi connectivity index (χ4v) is 1.47. The molecule has 4 heteroatoms.